The topological polar surface area (TPSA) is 0 Å². The molecule has 0 radical (unpaired) electrons. The second kappa shape index (κ2) is 8.15. The standard InChI is InChI=1S/C24H26Se.Cu/c1-14-10-16(3)22(17(4)11-14)20-8-7-9-21(24(20)25)23-18(5)12-15(2)13-19(23)6;/h7-13,25H,1-6H3;/q;+1/p-1. The molecule has 2 heteroatoms. The third-order valence-electron chi connectivity index (χ3n) is 4.91. The van der Waals surface area contributed by atoms with Crippen LogP contribution in [0.3, 0.4) is 0 Å². The zero-order chi connectivity index (χ0) is 18.3. The van der Waals surface area contributed by atoms with Crippen molar-refractivity contribution in [1.29, 1.82) is 0 Å². The molecule has 0 aliphatic rings. The molecule has 0 saturated heterocycles. The van der Waals surface area contributed by atoms with Gasteiger partial charge in [-0.2, -0.15) is 0 Å². The van der Waals surface area contributed by atoms with Gasteiger partial charge in [-0.15, -0.1) is 0 Å². The molecule has 0 N–H and O–H groups in total. The number of aryl methyl sites for hydroxylation is 6. The monoisotopic (exact) mass is 456 g/mol. The Bertz CT molecular complexity index is 848. The van der Waals surface area contributed by atoms with Crippen LogP contribution in [0.1, 0.15) is 33.4 Å². The van der Waals surface area contributed by atoms with Gasteiger partial charge in [0, 0.05) is 0 Å². The first-order chi connectivity index (χ1) is 11.8. The molecule has 0 spiro atoms. The van der Waals surface area contributed by atoms with Crippen molar-refractivity contribution >= 4 is 20.5 Å². The Morgan fingerprint density at radius 1 is 0.577 bits per heavy atom. The van der Waals surface area contributed by atoms with Crippen molar-refractivity contribution in [3.63, 3.8) is 0 Å². The summed E-state index contributed by atoms with van der Waals surface area (Å²) in [6.45, 7) is 13.2. The van der Waals surface area contributed by atoms with E-state index in [4.69, 9.17) is 0 Å². The molecule has 0 bridgehead atoms. The molecule has 0 nitrogen and oxygen atoms in total. The van der Waals surface area contributed by atoms with Crippen LogP contribution in [0.5, 0.6) is 0 Å². The van der Waals surface area contributed by atoms with Crippen LogP contribution >= 0.6 is 0 Å². The molecule has 138 valence electrons. The maximum Gasteiger partial charge on any atom is 1.00 e. The Labute approximate surface area is 176 Å². The zero-order valence-corrected chi connectivity index (χ0v) is 18.9. The molecule has 0 saturated carbocycles. The van der Waals surface area contributed by atoms with Crippen LogP contribution in [0.15, 0.2) is 42.5 Å². The smallest absolute Gasteiger partial charge is 1.00 e. The van der Waals surface area contributed by atoms with Crippen LogP contribution < -0.4 is 4.46 Å². The zero-order valence-electron chi connectivity index (χ0n) is 16.3. The average Bonchev–Trinajstić information content (AvgIpc) is 2.48. The van der Waals surface area contributed by atoms with Crippen LogP contribution in [0.4, 0.5) is 0 Å². The third kappa shape index (κ3) is 3.85. The fourth-order valence-corrected chi connectivity index (χ4v) is 4.85. The van der Waals surface area contributed by atoms with E-state index in [1.54, 1.807) is 0 Å². The van der Waals surface area contributed by atoms with Crippen molar-refractivity contribution in [3.8, 4) is 22.3 Å². The van der Waals surface area contributed by atoms with E-state index >= 15 is 0 Å². The van der Waals surface area contributed by atoms with Crippen molar-refractivity contribution in [2.45, 2.75) is 41.5 Å². The van der Waals surface area contributed by atoms with E-state index in [2.05, 4.69) is 100 Å². The van der Waals surface area contributed by atoms with E-state index in [9.17, 15) is 0 Å². The van der Waals surface area contributed by atoms with Gasteiger partial charge in [0.1, 0.15) is 0 Å². The minimum atomic E-state index is 0. The van der Waals surface area contributed by atoms with Crippen molar-refractivity contribution in [2.24, 2.45) is 0 Å². The second-order valence-electron chi connectivity index (χ2n) is 7.23. The molecule has 0 amide bonds. The first-order valence-corrected chi connectivity index (χ1v) is 9.61. The summed E-state index contributed by atoms with van der Waals surface area (Å²) in [6.07, 6.45) is 0. The fourth-order valence-electron chi connectivity index (χ4n) is 4.14. The molecule has 0 fully saturated rings. The summed E-state index contributed by atoms with van der Waals surface area (Å²) in [5.41, 5.74) is 13.3. The SMILES string of the molecule is Cc1cc(C)c(-c2cccc(-c3c(C)cc(C)cc3C)c2[Se-])c(C)c1.[Cu+]. The van der Waals surface area contributed by atoms with Gasteiger partial charge in [-0.1, -0.05) is 0 Å². The normalized spacial score (nSPS) is 10.5. The van der Waals surface area contributed by atoms with Gasteiger partial charge in [0.05, 0.1) is 0 Å². The molecular weight excluding hydrogens is 431 g/mol. The number of hydrogen-bond donors (Lipinski definition) is 0. The molecular formula is C24H25CuSe. The van der Waals surface area contributed by atoms with Gasteiger partial charge in [0.25, 0.3) is 0 Å². The Balaban J connectivity index is 0.00000243. The van der Waals surface area contributed by atoms with Crippen LogP contribution in [-0.2, 0) is 17.1 Å². The van der Waals surface area contributed by atoms with Gasteiger partial charge in [-0.3, -0.25) is 0 Å². The molecule has 0 aliphatic heterocycles. The molecule has 0 aromatic heterocycles. The van der Waals surface area contributed by atoms with E-state index in [1.807, 2.05) is 0 Å². The first kappa shape index (κ1) is 21.0. The fraction of sp³-hybridized carbons (Fsp3) is 0.250. The number of hydrogen-bond acceptors (Lipinski definition) is 0. The molecule has 0 atom stereocenters. The van der Waals surface area contributed by atoms with Crippen LogP contribution in [0.2, 0.25) is 0 Å². The molecule has 3 rings (SSSR count). The summed E-state index contributed by atoms with van der Waals surface area (Å²) in [6, 6.07) is 15.8. The summed E-state index contributed by atoms with van der Waals surface area (Å²) in [5, 5.41) is 0. The third-order valence-corrected chi connectivity index (χ3v) is 5.83. The van der Waals surface area contributed by atoms with Gasteiger partial charge >= 0.3 is 177 Å². The number of rotatable bonds is 2. The van der Waals surface area contributed by atoms with E-state index < -0.39 is 0 Å². The van der Waals surface area contributed by atoms with E-state index in [0.29, 0.717) is 0 Å². The molecule has 26 heavy (non-hydrogen) atoms. The quantitative estimate of drug-likeness (QED) is 0.437. The van der Waals surface area contributed by atoms with Crippen molar-refractivity contribution < 1.29 is 17.1 Å². The van der Waals surface area contributed by atoms with Crippen LogP contribution in [0.25, 0.3) is 22.3 Å². The average molecular weight is 456 g/mol. The van der Waals surface area contributed by atoms with Gasteiger partial charge in [0.15, 0.2) is 0 Å². The van der Waals surface area contributed by atoms with Crippen LogP contribution in [-0.4, -0.2) is 16.0 Å². The summed E-state index contributed by atoms with van der Waals surface area (Å²) in [5.74, 6) is 0. The van der Waals surface area contributed by atoms with E-state index in [1.165, 1.54) is 60.1 Å². The summed E-state index contributed by atoms with van der Waals surface area (Å²) in [4.78, 5) is 0. The Hall–Kier alpha value is -1.30. The van der Waals surface area contributed by atoms with Crippen LogP contribution in [0, 0.1) is 41.5 Å². The summed E-state index contributed by atoms with van der Waals surface area (Å²) < 4.78 is 1.24. The Morgan fingerprint density at radius 2 is 0.885 bits per heavy atom. The molecule has 0 aliphatic carbocycles. The number of benzene rings is 3. The maximum atomic E-state index is 3.37. The predicted octanol–water partition coefficient (Wildman–Crippen LogP) is 5.66. The molecule has 3 aromatic carbocycles. The molecule has 0 unspecified atom stereocenters. The van der Waals surface area contributed by atoms with Gasteiger partial charge in [0.2, 0.25) is 0 Å². The summed E-state index contributed by atoms with van der Waals surface area (Å²) >= 11 is 3.37. The van der Waals surface area contributed by atoms with E-state index in [0.717, 1.165) is 0 Å². The largest absolute Gasteiger partial charge is 1.00 e. The summed E-state index contributed by atoms with van der Waals surface area (Å²) in [7, 11) is 0. The maximum absolute atomic E-state index is 3.37. The van der Waals surface area contributed by atoms with Gasteiger partial charge in [-0.05, 0) is 0 Å². The minimum Gasteiger partial charge on any atom is 1.00 e. The molecule has 3 aromatic rings. The van der Waals surface area contributed by atoms with Gasteiger partial charge < -0.3 is 0 Å². The second-order valence-corrected chi connectivity index (χ2v) is 8.09. The Kier molecular flexibility index (Phi) is 6.59. The van der Waals surface area contributed by atoms with Crippen molar-refractivity contribution in [2.75, 3.05) is 0 Å². The minimum absolute atomic E-state index is 0. The molecule has 0 heterocycles. The Morgan fingerprint density at radius 3 is 1.19 bits per heavy atom. The van der Waals surface area contributed by atoms with Crippen molar-refractivity contribution in [1.82, 2.24) is 0 Å². The first-order valence-electron chi connectivity index (χ1n) is 8.76. The van der Waals surface area contributed by atoms with E-state index in [-0.39, 0.29) is 17.1 Å². The van der Waals surface area contributed by atoms with Gasteiger partial charge in [-0.25, -0.2) is 0 Å². The predicted molar refractivity (Wildman–Crippen MR) is 111 cm³/mol. The van der Waals surface area contributed by atoms with Crippen molar-refractivity contribution in [3.05, 3.63) is 75.8 Å².